The second kappa shape index (κ2) is 11.4. The van der Waals surface area contributed by atoms with E-state index >= 15 is 0 Å². The van der Waals surface area contributed by atoms with E-state index in [-0.39, 0.29) is 24.7 Å². The Balaban J connectivity index is 1.36. The Hall–Kier alpha value is -4.34. The fourth-order valence-corrected chi connectivity index (χ4v) is 3.87. The first kappa shape index (κ1) is 24.8. The first-order valence-electron chi connectivity index (χ1n) is 11.5. The summed E-state index contributed by atoms with van der Waals surface area (Å²) >= 11 is 0. The van der Waals surface area contributed by atoms with Gasteiger partial charge in [0.1, 0.15) is 17.2 Å². The summed E-state index contributed by atoms with van der Waals surface area (Å²) in [7, 11) is 4.73. The van der Waals surface area contributed by atoms with Crippen LogP contribution in [0, 0.1) is 0 Å². The van der Waals surface area contributed by atoms with Crippen molar-refractivity contribution < 1.29 is 28.3 Å². The minimum Gasteiger partial charge on any atom is -0.497 e. The van der Waals surface area contributed by atoms with Gasteiger partial charge in [0, 0.05) is 43.1 Å². The van der Waals surface area contributed by atoms with Gasteiger partial charge in [-0.3, -0.25) is 14.6 Å². The van der Waals surface area contributed by atoms with Crippen LogP contribution < -0.4 is 14.2 Å². The van der Waals surface area contributed by atoms with Crippen molar-refractivity contribution in [1.82, 2.24) is 20.2 Å². The minimum atomic E-state index is -0.287. The van der Waals surface area contributed by atoms with Gasteiger partial charge in [0.2, 0.25) is 17.6 Å². The molecule has 1 fully saturated rings. The van der Waals surface area contributed by atoms with Crippen molar-refractivity contribution in [2.24, 2.45) is 0 Å². The highest BCUT2D eigenvalue weighted by atomic mass is 16.5. The van der Waals surface area contributed by atoms with E-state index in [2.05, 4.69) is 10.1 Å². The molecule has 36 heavy (non-hydrogen) atoms. The number of carbonyl (C=O) groups excluding carboxylic acids is 2. The largest absolute Gasteiger partial charge is 0.497 e. The molecule has 2 amide bonds. The average Bonchev–Trinajstić information content (AvgIpc) is 3.60. The summed E-state index contributed by atoms with van der Waals surface area (Å²) in [5, 5.41) is 6.94. The van der Waals surface area contributed by atoms with Crippen LogP contribution in [0.25, 0.3) is 17.5 Å². The molecular formula is C26H28N4O6. The number of ether oxygens (including phenoxy) is 3. The molecule has 10 nitrogen and oxygen atoms in total. The molecule has 1 saturated heterocycles. The van der Waals surface area contributed by atoms with Gasteiger partial charge in [-0.25, -0.2) is 5.01 Å². The van der Waals surface area contributed by atoms with E-state index in [1.54, 1.807) is 45.6 Å². The van der Waals surface area contributed by atoms with Gasteiger partial charge in [-0.15, -0.1) is 0 Å². The van der Waals surface area contributed by atoms with Crippen LogP contribution in [0.3, 0.4) is 0 Å². The van der Waals surface area contributed by atoms with Gasteiger partial charge in [-0.05, 0) is 55.0 Å². The number of aromatic nitrogens is 2. The third-order valence-electron chi connectivity index (χ3n) is 5.78. The monoisotopic (exact) mass is 492 g/mol. The van der Waals surface area contributed by atoms with Crippen molar-refractivity contribution in [3.05, 3.63) is 60.0 Å². The van der Waals surface area contributed by atoms with Crippen molar-refractivity contribution >= 4 is 17.9 Å². The summed E-state index contributed by atoms with van der Waals surface area (Å²) < 4.78 is 21.1. The van der Waals surface area contributed by atoms with Crippen LogP contribution in [0.2, 0.25) is 0 Å². The Kier molecular flexibility index (Phi) is 7.84. The predicted octanol–water partition coefficient (Wildman–Crippen LogP) is 3.38. The molecule has 0 N–H and O–H groups in total. The van der Waals surface area contributed by atoms with Gasteiger partial charge in [-0.1, -0.05) is 5.16 Å². The predicted molar refractivity (Wildman–Crippen MR) is 131 cm³/mol. The SMILES string of the molecule is COc1ccc(-c2noc(CCC(=O)N3CCCN3C(=O)C=Cc3cc(OC)ccc3OC)n2)cc1. The fraction of sp³-hybridized carbons (Fsp3) is 0.308. The van der Waals surface area contributed by atoms with E-state index in [4.69, 9.17) is 18.7 Å². The zero-order valence-corrected chi connectivity index (χ0v) is 20.5. The second-order valence-corrected chi connectivity index (χ2v) is 8.01. The zero-order valence-electron chi connectivity index (χ0n) is 20.5. The normalized spacial score (nSPS) is 13.3. The molecule has 0 radical (unpaired) electrons. The van der Waals surface area contributed by atoms with E-state index in [1.165, 1.54) is 16.1 Å². The zero-order chi connectivity index (χ0) is 25.5. The summed E-state index contributed by atoms with van der Waals surface area (Å²) in [4.78, 5) is 30.2. The molecule has 0 aliphatic carbocycles. The Morgan fingerprint density at radius 1 is 0.972 bits per heavy atom. The number of hydrogen-bond donors (Lipinski definition) is 0. The number of hydrogen-bond acceptors (Lipinski definition) is 8. The molecular weight excluding hydrogens is 464 g/mol. The van der Waals surface area contributed by atoms with Crippen molar-refractivity contribution in [2.75, 3.05) is 34.4 Å². The molecule has 0 atom stereocenters. The molecule has 0 bridgehead atoms. The lowest BCUT2D eigenvalue weighted by atomic mass is 10.1. The third kappa shape index (κ3) is 5.65. The first-order valence-corrected chi connectivity index (χ1v) is 11.5. The number of nitrogens with zero attached hydrogens (tertiary/aromatic N) is 4. The number of methoxy groups -OCH3 is 3. The third-order valence-corrected chi connectivity index (χ3v) is 5.78. The first-order chi connectivity index (χ1) is 17.5. The smallest absolute Gasteiger partial charge is 0.265 e. The molecule has 1 aliphatic heterocycles. The van der Waals surface area contributed by atoms with Gasteiger partial charge >= 0.3 is 0 Å². The van der Waals surface area contributed by atoms with Gasteiger partial charge in [-0.2, -0.15) is 4.98 Å². The molecule has 3 aromatic rings. The van der Waals surface area contributed by atoms with Crippen LogP contribution >= 0.6 is 0 Å². The maximum absolute atomic E-state index is 12.9. The highest BCUT2D eigenvalue weighted by molar-refractivity contribution is 5.94. The molecule has 0 spiro atoms. The molecule has 2 aromatic carbocycles. The van der Waals surface area contributed by atoms with Crippen molar-refractivity contribution in [1.29, 1.82) is 0 Å². The van der Waals surface area contributed by atoms with Crippen LogP contribution in [-0.2, 0) is 16.0 Å². The van der Waals surface area contributed by atoms with Crippen LogP contribution in [0.4, 0.5) is 0 Å². The molecule has 0 unspecified atom stereocenters. The lowest BCUT2D eigenvalue weighted by Crippen LogP contribution is -2.44. The van der Waals surface area contributed by atoms with Crippen molar-refractivity contribution in [3.63, 3.8) is 0 Å². The Morgan fingerprint density at radius 2 is 1.69 bits per heavy atom. The molecule has 188 valence electrons. The number of hydrazine groups is 1. The summed E-state index contributed by atoms with van der Waals surface area (Å²) in [5.74, 6) is 2.32. The van der Waals surface area contributed by atoms with Crippen LogP contribution in [0.15, 0.2) is 53.1 Å². The molecule has 2 heterocycles. The lowest BCUT2D eigenvalue weighted by Gasteiger charge is -2.26. The molecule has 4 rings (SSSR count). The number of aryl methyl sites for hydroxylation is 1. The summed E-state index contributed by atoms with van der Waals surface area (Å²) in [6, 6.07) is 12.6. The number of benzene rings is 2. The van der Waals surface area contributed by atoms with E-state index in [0.29, 0.717) is 48.3 Å². The Labute approximate surface area is 209 Å². The average molecular weight is 493 g/mol. The maximum atomic E-state index is 12.9. The summed E-state index contributed by atoms with van der Waals surface area (Å²) in [5.41, 5.74) is 1.49. The molecule has 10 heteroatoms. The minimum absolute atomic E-state index is 0.140. The van der Waals surface area contributed by atoms with Crippen LogP contribution in [0.5, 0.6) is 17.2 Å². The quantitative estimate of drug-likeness (QED) is 0.419. The standard InChI is InChI=1S/C26H28N4O6/c1-33-20-8-5-18(6-9-20)26-27-23(36-28-26)12-14-25(32)30-16-4-15-29(30)24(31)13-7-19-17-21(34-2)10-11-22(19)35-3/h5-11,13,17H,4,12,14-16H2,1-3H3. The van der Waals surface area contributed by atoms with Crippen molar-refractivity contribution in [2.45, 2.75) is 19.3 Å². The van der Waals surface area contributed by atoms with E-state index < -0.39 is 0 Å². The number of carbonyl (C=O) groups is 2. The summed E-state index contributed by atoms with van der Waals surface area (Å²) in [6.07, 6.45) is 4.21. The van der Waals surface area contributed by atoms with E-state index in [1.807, 2.05) is 24.3 Å². The van der Waals surface area contributed by atoms with E-state index in [0.717, 1.165) is 11.3 Å². The van der Waals surface area contributed by atoms with Crippen molar-refractivity contribution in [3.8, 4) is 28.6 Å². The number of amides is 2. The fourth-order valence-electron chi connectivity index (χ4n) is 3.87. The number of rotatable bonds is 9. The van der Waals surface area contributed by atoms with Gasteiger partial charge in [0.15, 0.2) is 0 Å². The van der Waals surface area contributed by atoms with Gasteiger partial charge in [0.25, 0.3) is 5.91 Å². The maximum Gasteiger partial charge on any atom is 0.265 e. The van der Waals surface area contributed by atoms with Gasteiger partial charge < -0.3 is 18.7 Å². The van der Waals surface area contributed by atoms with Gasteiger partial charge in [0.05, 0.1) is 21.3 Å². The molecule has 0 saturated carbocycles. The molecule has 1 aliphatic rings. The Bertz CT molecular complexity index is 1240. The van der Waals surface area contributed by atoms with Crippen LogP contribution in [-0.4, -0.2) is 66.4 Å². The van der Waals surface area contributed by atoms with Crippen LogP contribution in [0.1, 0.15) is 24.3 Å². The molecule has 1 aromatic heterocycles. The summed E-state index contributed by atoms with van der Waals surface area (Å²) in [6.45, 7) is 0.939. The Morgan fingerprint density at radius 3 is 2.42 bits per heavy atom. The highest BCUT2D eigenvalue weighted by Gasteiger charge is 2.29. The highest BCUT2D eigenvalue weighted by Crippen LogP contribution is 2.25. The van der Waals surface area contributed by atoms with E-state index in [9.17, 15) is 9.59 Å². The topological polar surface area (TPSA) is 107 Å². The second-order valence-electron chi connectivity index (χ2n) is 8.01. The lowest BCUT2D eigenvalue weighted by molar-refractivity contribution is -0.154.